The normalized spacial score (nSPS) is 12.3. The van der Waals surface area contributed by atoms with Crippen molar-refractivity contribution in [1.82, 2.24) is 0 Å². The maximum Gasteiger partial charge on any atom is 0.0580 e. The van der Waals surface area contributed by atoms with Gasteiger partial charge in [0.2, 0.25) is 0 Å². The van der Waals surface area contributed by atoms with Crippen LogP contribution in [0.5, 0.6) is 0 Å². The van der Waals surface area contributed by atoms with Crippen LogP contribution in [0.4, 0.5) is 0 Å². The second-order valence-electron chi connectivity index (χ2n) is 3.92. The molecule has 15 heavy (non-hydrogen) atoms. The zero-order chi connectivity index (χ0) is 10.9. The standard InChI is InChI=1S/C14H20O/c1-2-3-4-8-11-14(15)12-13-9-6-5-7-10-13/h2,5-7,9-10,14-15H,1,3-4,8,11-12H2. The van der Waals surface area contributed by atoms with E-state index >= 15 is 0 Å². The minimum absolute atomic E-state index is 0.197. The van der Waals surface area contributed by atoms with Crippen LogP contribution in [0.15, 0.2) is 43.0 Å². The van der Waals surface area contributed by atoms with E-state index in [2.05, 4.69) is 18.7 Å². The van der Waals surface area contributed by atoms with Crippen LogP contribution < -0.4 is 0 Å². The Morgan fingerprint density at radius 2 is 1.93 bits per heavy atom. The molecule has 1 aromatic rings. The highest BCUT2D eigenvalue weighted by Crippen LogP contribution is 2.09. The summed E-state index contributed by atoms with van der Waals surface area (Å²) in [6.07, 6.45) is 6.67. The number of hydrogen-bond acceptors (Lipinski definition) is 1. The Kier molecular flexibility index (Phi) is 5.79. The molecule has 0 amide bonds. The molecule has 0 spiro atoms. The van der Waals surface area contributed by atoms with Gasteiger partial charge < -0.3 is 5.11 Å². The first-order valence-corrected chi connectivity index (χ1v) is 5.66. The molecule has 82 valence electrons. The quantitative estimate of drug-likeness (QED) is 0.533. The fourth-order valence-electron chi connectivity index (χ4n) is 1.66. The van der Waals surface area contributed by atoms with Gasteiger partial charge in [-0.05, 0) is 31.2 Å². The van der Waals surface area contributed by atoms with Gasteiger partial charge in [-0.2, -0.15) is 0 Å². The maximum absolute atomic E-state index is 9.78. The molecule has 0 aliphatic heterocycles. The number of aliphatic hydroxyl groups excluding tert-OH is 1. The average Bonchev–Trinajstić information content (AvgIpc) is 2.26. The molecular weight excluding hydrogens is 184 g/mol. The molecule has 0 radical (unpaired) electrons. The van der Waals surface area contributed by atoms with Crippen molar-refractivity contribution in [3.05, 3.63) is 48.6 Å². The predicted molar refractivity (Wildman–Crippen MR) is 64.8 cm³/mol. The average molecular weight is 204 g/mol. The van der Waals surface area contributed by atoms with Crippen LogP contribution in [0, 0.1) is 0 Å². The van der Waals surface area contributed by atoms with Gasteiger partial charge in [-0.3, -0.25) is 0 Å². The summed E-state index contributed by atoms with van der Waals surface area (Å²) in [4.78, 5) is 0. The molecule has 1 nitrogen and oxygen atoms in total. The van der Waals surface area contributed by atoms with Crippen LogP contribution in [0.3, 0.4) is 0 Å². The number of aliphatic hydroxyl groups is 1. The van der Waals surface area contributed by atoms with E-state index in [1.807, 2.05) is 24.3 Å². The first kappa shape index (κ1) is 12.0. The molecule has 0 aliphatic rings. The zero-order valence-corrected chi connectivity index (χ0v) is 9.23. The first-order chi connectivity index (χ1) is 7.33. The first-order valence-electron chi connectivity index (χ1n) is 5.66. The van der Waals surface area contributed by atoms with Gasteiger partial charge >= 0.3 is 0 Å². The Labute approximate surface area is 92.5 Å². The van der Waals surface area contributed by atoms with Gasteiger partial charge in [-0.25, -0.2) is 0 Å². The zero-order valence-electron chi connectivity index (χ0n) is 9.23. The van der Waals surface area contributed by atoms with Crippen LogP contribution in [0.1, 0.15) is 31.2 Å². The van der Waals surface area contributed by atoms with Gasteiger partial charge in [-0.15, -0.1) is 6.58 Å². The highest BCUT2D eigenvalue weighted by atomic mass is 16.3. The minimum atomic E-state index is -0.197. The Balaban J connectivity index is 2.18. The lowest BCUT2D eigenvalue weighted by Crippen LogP contribution is -2.09. The van der Waals surface area contributed by atoms with E-state index in [0.717, 1.165) is 32.1 Å². The van der Waals surface area contributed by atoms with Crippen molar-refractivity contribution < 1.29 is 5.11 Å². The topological polar surface area (TPSA) is 20.2 Å². The fourth-order valence-corrected chi connectivity index (χ4v) is 1.66. The Morgan fingerprint density at radius 3 is 2.60 bits per heavy atom. The molecular formula is C14H20O. The van der Waals surface area contributed by atoms with Gasteiger partial charge in [0.25, 0.3) is 0 Å². The van der Waals surface area contributed by atoms with Crippen LogP contribution in [0.2, 0.25) is 0 Å². The van der Waals surface area contributed by atoms with Gasteiger partial charge in [0, 0.05) is 0 Å². The number of rotatable bonds is 7. The summed E-state index contributed by atoms with van der Waals surface area (Å²) in [5.41, 5.74) is 1.22. The van der Waals surface area contributed by atoms with Crippen molar-refractivity contribution >= 4 is 0 Å². The van der Waals surface area contributed by atoms with E-state index in [4.69, 9.17) is 0 Å². The van der Waals surface area contributed by atoms with Crippen LogP contribution in [0.25, 0.3) is 0 Å². The van der Waals surface area contributed by atoms with Crippen molar-refractivity contribution in [3.8, 4) is 0 Å². The van der Waals surface area contributed by atoms with E-state index in [1.54, 1.807) is 0 Å². The molecule has 1 rings (SSSR count). The van der Waals surface area contributed by atoms with Crippen molar-refractivity contribution in [2.45, 2.75) is 38.2 Å². The molecule has 0 aliphatic carbocycles. The third-order valence-corrected chi connectivity index (χ3v) is 2.51. The molecule has 0 fully saturated rings. The number of benzene rings is 1. The lowest BCUT2D eigenvalue weighted by molar-refractivity contribution is 0.161. The minimum Gasteiger partial charge on any atom is -0.393 e. The van der Waals surface area contributed by atoms with Crippen LogP contribution >= 0.6 is 0 Å². The van der Waals surface area contributed by atoms with Crippen molar-refractivity contribution in [1.29, 1.82) is 0 Å². The lowest BCUT2D eigenvalue weighted by Gasteiger charge is -2.09. The SMILES string of the molecule is C=CCCCCC(O)Cc1ccccc1. The van der Waals surface area contributed by atoms with Gasteiger partial charge in [0.1, 0.15) is 0 Å². The Morgan fingerprint density at radius 1 is 1.20 bits per heavy atom. The van der Waals surface area contributed by atoms with E-state index in [9.17, 15) is 5.11 Å². The van der Waals surface area contributed by atoms with Crippen LogP contribution in [-0.4, -0.2) is 11.2 Å². The van der Waals surface area contributed by atoms with Crippen molar-refractivity contribution in [2.75, 3.05) is 0 Å². The second kappa shape index (κ2) is 7.24. The second-order valence-corrected chi connectivity index (χ2v) is 3.92. The number of hydrogen-bond donors (Lipinski definition) is 1. The Bertz CT molecular complexity index is 266. The monoisotopic (exact) mass is 204 g/mol. The van der Waals surface area contributed by atoms with E-state index in [0.29, 0.717) is 0 Å². The van der Waals surface area contributed by atoms with Crippen molar-refractivity contribution in [2.24, 2.45) is 0 Å². The van der Waals surface area contributed by atoms with E-state index in [-0.39, 0.29) is 6.10 Å². The van der Waals surface area contributed by atoms with E-state index < -0.39 is 0 Å². The number of unbranched alkanes of at least 4 members (excludes halogenated alkanes) is 2. The molecule has 1 aromatic carbocycles. The molecule has 1 atom stereocenters. The highest BCUT2D eigenvalue weighted by Gasteiger charge is 2.04. The lowest BCUT2D eigenvalue weighted by atomic mass is 10.0. The summed E-state index contributed by atoms with van der Waals surface area (Å²) in [7, 11) is 0. The summed E-state index contributed by atoms with van der Waals surface area (Å²) in [6, 6.07) is 10.2. The fraction of sp³-hybridized carbons (Fsp3) is 0.429. The van der Waals surface area contributed by atoms with Gasteiger partial charge in [0.15, 0.2) is 0 Å². The largest absolute Gasteiger partial charge is 0.393 e. The summed E-state index contributed by atoms with van der Waals surface area (Å²) in [5.74, 6) is 0. The summed E-state index contributed by atoms with van der Waals surface area (Å²) in [5, 5.41) is 9.78. The third-order valence-electron chi connectivity index (χ3n) is 2.51. The summed E-state index contributed by atoms with van der Waals surface area (Å²) < 4.78 is 0. The van der Waals surface area contributed by atoms with Gasteiger partial charge in [-0.1, -0.05) is 42.8 Å². The molecule has 0 bridgehead atoms. The third kappa shape index (κ3) is 5.38. The molecule has 0 saturated heterocycles. The maximum atomic E-state index is 9.78. The smallest absolute Gasteiger partial charge is 0.0580 e. The molecule has 0 saturated carbocycles. The van der Waals surface area contributed by atoms with Gasteiger partial charge in [0.05, 0.1) is 6.10 Å². The Hall–Kier alpha value is -1.08. The summed E-state index contributed by atoms with van der Waals surface area (Å²) in [6.45, 7) is 3.68. The predicted octanol–water partition coefficient (Wildman–Crippen LogP) is 3.34. The molecule has 0 aromatic heterocycles. The highest BCUT2D eigenvalue weighted by molar-refractivity contribution is 5.15. The van der Waals surface area contributed by atoms with Crippen molar-refractivity contribution in [3.63, 3.8) is 0 Å². The number of allylic oxidation sites excluding steroid dienone is 1. The van der Waals surface area contributed by atoms with E-state index in [1.165, 1.54) is 5.56 Å². The molecule has 1 heteroatoms. The van der Waals surface area contributed by atoms with Crippen LogP contribution in [-0.2, 0) is 6.42 Å². The summed E-state index contributed by atoms with van der Waals surface area (Å²) >= 11 is 0. The molecule has 0 heterocycles. The molecule has 1 N–H and O–H groups in total. The molecule has 1 unspecified atom stereocenters.